The zero-order valence-corrected chi connectivity index (χ0v) is 10.3. The Balaban J connectivity index is 2.82. The molecule has 2 N–H and O–H groups in total. The molecule has 0 spiro atoms. The molecule has 0 aliphatic heterocycles. The molecule has 96 valence electrons. The lowest BCUT2D eigenvalue weighted by atomic mass is 9.76. The van der Waals surface area contributed by atoms with E-state index in [2.05, 4.69) is 6.58 Å². The Bertz CT molecular complexity index is 332. The largest absolute Gasteiger partial charge is 0.508 e. The van der Waals surface area contributed by atoms with Gasteiger partial charge in [0.2, 0.25) is 0 Å². The number of hydrogen-bond donors (Lipinski definition) is 2. The highest BCUT2D eigenvalue weighted by Gasteiger charge is 2.38. The summed E-state index contributed by atoms with van der Waals surface area (Å²) in [4.78, 5) is 0. The van der Waals surface area contributed by atoms with Crippen LogP contribution in [-0.4, -0.2) is 36.6 Å². The molecular formula is C13H20O4. The van der Waals surface area contributed by atoms with Gasteiger partial charge in [-0.3, -0.25) is 0 Å². The Morgan fingerprint density at radius 3 is 2.82 bits per heavy atom. The second kappa shape index (κ2) is 5.89. The zero-order valence-electron chi connectivity index (χ0n) is 10.3. The van der Waals surface area contributed by atoms with E-state index in [1.54, 1.807) is 13.2 Å². The van der Waals surface area contributed by atoms with Gasteiger partial charge in [0.15, 0.2) is 5.76 Å². The predicted octanol–water partition coefficient (Wildman–Crippen LogP) is 2.50. The lowest BCUT2D eigenvalue weighted by molar-refractivity contribution is -0.0305. The van der Waals surface area contributed by atoms with Crippen molar-refractivity contribution >= 4 is 0 Å². The van der Waals surface area contributed by atoms with Gasteiger partial charge >= 0.3 is 0 Å². The lowest BCUT2D eigenvalue weighted by Crippen LogP contribution is -2.39. The highest BCUT2D eigenvalue weighted by atomic mass is 16.5. The molecule has 2 unspecified atom stereocenters. The fourth-order valence-electron chi connectivity index (χ4n) is 1.87. The van der Waals surface area contributed by atoms with E-state index in [0.29, 0.717) is 19.6 Å². The Kier molecular flexibility index (Phi) is 4.78. The summed E-state index contributed by atoms with van der Waals surface area (Å²) in [5.74, 6) is -0.119. The number of hydrogen-bond acceptors (Lipinski definition) is 4. The summed E-state index contributed by atoms with van der Waals surface area (Å²) in [5.41, 5.74) is -0.450. The van der Waals surface area contributed by atoms with E-state index in [1.807, 2.05) is 13.0 Å². The molecule has 0 fully saturated rings. The molecule has 0 heterocycles. The van der Waals surface area contributed by atoms with Gasteiger partial charge in [0, 0.05) is 18.9 Å². The van der Waals surface area contributed by atoms with Crippen LogP contribution in [0.4, 0.5) is 0 Å². The van der Waals surface area contributed by atoms with Gasteiger partial charge in [0.25, 0.3) is 0 Å². The summed E-state index contributed by atoms with van der Waals surface area (Å²) in [6.45, 7) is 6.35. The first kappa shape index (κ1) is 13.8. The minimum Gasteiger partial charge on any atom is -0.508 e. The average Bonchev–Trinajstić information content (AvgIpc) is 2.33. The number of aliphatic hydroxyl groups excluding tert-OH is 2. The minimum atomic E-state index is -0.450. The standard InChI is InChI=1S/C13H20O4/c1-4-7-17-9-13(10(2)16-3)6-5-11(14)12(15)8-13/h4-6,10,14-15H,1,7-9H2,2-3H3. The van der Waals surface area contributed by atoms with Crippen LogP contribution in [0.5, 0.6) is 0 Å². The van der Waals surface area contributed by atoms with Crippen LogP contribution in [0.25, 0.3) is 0 Å². The summed E-state index contributed by atoms with van der Waals surface area (Å²) >= 11 is 0. The Hall–Kier alpha value is -1.26. The molecule has 0 amide bonds. The molecule has 2 atom stereocenters. The van der Waals surface area contributed by atoms with Gasteiger partial charge in [0.05, 0.1) is 19.3 Å². The maximum atomic E-state index is 9.66. The fraction of sp³-hybridized carbons (Fsp3) is 0.538. The average molecular weight is 240 g/mol. The predicted molar refractivity (Wildman–Crippen MR) is 66.0 cm³/mol. The number of allylic oxidation sites excluding steroid dienone is 2. The van der Waals surface area contributed by atoms with Crippen molar-refractivity contribution < 1.29 is 19.7 Å². The van der Waals surface area contributed by atoms with Crippen molar-refractivity contribution in [2.24, 2.45) is 5.41 Å². The molecule has 1 aliphatic rings. The normalized spacial score (nSPS) is 26.0. The van der Waals surface area contributed by atoms with Crippen LogP contribution in [0, 0.1) is 5.41 Å². The maximum absolute atomic E-state index is 9.66. The Labute approximate surface area is 102 Å². The van der Waals surface area contributed by atoms with E-state index >= 15 is 0 Å². The SMILES string of the molecule is C=CCOCC1(C(C)OC)C=CC(O)=C(O)C1. The molecule has 0 aromatic carbocycles. The third kappa shape index (κ3) is 3.11. The van der Waals surface area contributed by atoms with Crippen molar-refractivity contribution in [3.05, 3.63) is 36.3 Å². The third-order valence-corrected chi connectivity index (χ3v) is 3.14. The van der Waals surface area contributed by atoms with Crippen LogP contribution < -0.4 is 0 Å². The van der Waals surface area contributed by atoms with Crippen LogP contribution in [-0.2, 0) is 9.47 Å². The number of ether oxygens (including phenoxy) is 2. The van der Waals surface area contributed by atoms with Crippen molar-refractivity contribution in [3.63, 3.8) is 0 Å². The van der Waals surface area contributed by atoms with E-state index in [4.69, 9.17) is 9.47 Å². The number of aliphatic hydroxyl groups is 2. The minimum absolute atomic E-state index is 0.0291. The molecule has 0 bridgehead atoms. The lowest BCUT2D eigenvalue weighted by Gasteiger charge is -2.36. The van der Waals surface area contributed by atoms with Crippen molar-refractivity contribution in [2.75, 3.05) is 20.3 Å². The van der Waals surface area contributed by atoms with Gasteiger partial charge in [-0.15, -0.1) is 6.58 Å². The zero-order chi connectivity index (χ0) is 12.9. The molecule has 0 radical (unpaired) electrons. The quantitative estimate of drug-likeness (QED) is 0.553. The van der Waals surface area contributed by atoms with Crippen molar-refractivity contribution in [1.29, 1.82) is 0 Å². The second-order valence-corrected chi connectivity index (χ2v) is 4.26. The first-order valence-electron chi connectivity index (χ1n) is 5.57. The summed E-state index contributed by atoms with van der Waals surface area (Å²) in [7, 11) is 1.61. The van der Waals surface area contributed by atoms with E-state index in [1.165, 1.54) is 6.08 Å². The van der Waals surface area contributed by atoms with Crippen molar-refractivity contribution in [2.45, 2.75) is 19.4 Å². The van der Waals surface area contributed by atoms with Crippen LogP contribution in [0.2, 0.25) is 0 Å². The molecule has 17 heavy (non-hydrogen) atoms. The highest BCUT2D eigenvalue weighted by molar-refractivity contribution is 5.26. The van der Waals surface area contributed by atoms with Gasteiger partial charge in [-0.25, -0.2) is 0 Å². The van der Waals surface area contributed by atoms with Gasteiger partial charge in [-0.2, -0.15) is 0 Å². The summed E-state index contributed by atoms with van der Waals surface area (Å²) in [6.07, 6.45) is 5.18. The molecule has 4 heteroatoms. The van der Waals surface area contributed by atoms with E-state index in [9.17, 15) is 10.2 Å². The molecule has 0 aromatic heterocycles. The fourth-order valence-corrected chi connectivity index (χ4v) is 1.87. The van der Waals surface area contributed by atoms with Crippen LogP contribution in [0.1, 0.15) is 13.3 Å². The molecule has 1 aliphatic carbocycles. The van der Waals surface area contributed by atoms with Crippen molar-refractivity contribution in [1.82, 2.24) is 0 Å². The Morgan fingerprint density at radius 2 is 2.29 bits per heavy atom. The smallest absolute Gasteiger partial charge is 0.152 e. The van der Waals surface area contributed by atoms with Gasteiger partial charge in [0.1, 0.15) is 5.76 Å². The first-order valence-corrected chi connectivity index (χ1v) is 5.57. The number of methoxy groups -OCH3 is 1. The van der Waals surface area contributed by atoms with Gasteiger partial charge in [-0.1, -0.05) is 12.2 Å². The number of rotatable bonds is 6. The molecule has 0 aromatic rings. The van der Waals surface area contributed by atoms with Crippen LogP contribution >= 0.6 is 0 Å². The molecule has 0 saturated heterocycles. The second-order valence-electron chi connectivity index (χ2n) is 4.26. The summed E-state index contributed by atoms with van der Waals surface area (Å²) in [6, 6.07) is 0. The maximum Gasteiger partial charge on any atom is 0.152 e. The topological polar surface area (TPSA) is 58.9 Å². The van der Waals surface area contributed by atoms with Gasteiger partial charge in [-0.05, 0) is 13.0 Å². The van der Waals surface area contributed by atoms with E-state index < -0.39 is 5.41 Å². The van der Waals surface area contributed by atoms with Crippen LogP contribution in [0.15, 0.2) is 36.3 Å². The highest BCUT2D eigenvalue weighted by Crippen LogP contribution is 2.37. The van der Waals surface area contributed by atoms with E-state index in [0.717, 1.165) is 0 Å². The summed E-state index contributed by atoms with van der Waals surface area (Å²) in [5, 5.41) is 19.0. The Morgan fingerprint density at radius 1 is 1.59 bits per heavy atom. The molecule has 0 saturated carbocycles. The van der Waals surface area contributed by atoms with E-state index in [-0.39, 0.29) is 17.6 Å². The van der Waals surface area contributed by atoms with Gasteiger partial charge < -0.3 is 19.7 Å². The first-order chi connectivity index (χ1) is 8.05. The van der Waals surface area contributed by atoms with Crippen LogP contribution in [0.3, 0.4) is 0 Å². The molecule has 1 rings (SSSR count). The third-order valence-electron chi connectivity index (χ3n) is 3.14. The molecular weight excluding hydrogens is 220 g/mol. The monoisotopic (exact) mass is 240 g/mol. The summed E-state index contributed by atoms with van der Waals surface area (Å²) < 4.78 is 10.8. The van der Waals surface area contributed by atoms with Crippen molar-refractivity contribution in [3.8, 4) is 0 Å². The molecule has 4 nitrogen and oxygen atoms in total.